The predicted molar refractivity (Wildman–Crippen MR) is 16.7 cm³/mol. The van der Waals surface area contributed by atoms with Crippen LogP contribution >= 0.6 is 0 Å². The van der Waals surface area contributed by atoms with Gasteiger partial charge < -0.3 is 6.58 Å². The Kier molecular flexibility index (Phi) is 1610. The van der Waals surface area contributed by atoms with Gasteiger partial charge in [-0.25, -0.2) is 0 Å². The third-order valence-corrected chi connectivity index (χ3v) is 0. The molecule has 4 heavy (non-hydrogen) atoms. The summed E-state index contributed by atoms with van der Waals surface area (Å²) in [5.74, 6) is 0. The molecule has 0 aliphatic rings. The molecule has 0 aromatic rings. The summed E-state index contributed by atoms with van der Waals surface area (Å²) in [6.45, 7) is 7.00. The fraction of sp³-hybridized carbons (Fsp3) is 0.333. The molecule has 0 aromatic heterocycles. The molecule has 0 amide bonds. The van der Waals surface area contributed by atoms with E-state index in [9.17, 15) is 0 Å². The third-order valence-electron chi connectivity index (χ3n) is 0. The van der Waals surface area contributed by atoms with Gasteiger partial charge in [0.1, 0.15) is 0 Å². The van der Waals surface area contributed by atoms with Crippen LogP contribution in [-0.4, -0.2) is 0 Å². The van der Waals surface area contributed by atoms with Crippen molar-refractivity contribution >= 4 is 0 Å². The Labute approximate surface area is 38.7 Å². The average Bonchev–Trinajstić information content (AvgIpc) is 1.00. The van der Waals surface area contributed by atoms with Gasteiger partial charge in [0, 0.05) is 17.4 Å². The van der Waals surface area contributed by atoms with Crippen LogP contribution in [0.1, 0.15) is 7.43 Å². The van der Waals surface area contributed by atoms with Gasteiger partial charge in [-0.15, -0.1) is 0 Å². The summed E-state index contributed by atoms with van der Waals surface area (Å²) < 4.78 is 0. The summed E-state index contributed by atoms with van der Waals surface area (Å²) >= 11 is 0. The Morgan fingerprint density at radius 3 is 1.25 bits per heavy atom. The van der Waals surface area contributed by atoms with Gasteiger partial charge in [0.25, 0.3) is 0 Å². The van der Waals surface area contributed by atoms with Crippen LogP contribution in [0.5, 0.6) is 0 Å². The maximum atomic E-state index is 4.25. The molecule has 0 bridgehead atoms. The van der Waals surface area contributed by atoms with Crippen molar-refractivity contribution in [1.82, 2.24) is 0 Å². The summed E-state index contributed by atoms with van der Waals surface area (Å²) in [5.41, 5.74) is 0. The fourth-order valence-corrected chi connectivity index (χ4v) is 0. The van der Waals surface area contributed by atoms with Crippen LogP contribution < -0.4 is 0 Å². The van der Waals surface area contributed by atoms with E-state index in [1.165, 1.54) is 0 Å². The quantitative estimate of drug-likeness (QED) is 0.397. The van der Waals surface area contributed by atoms with Crippen LogP contribution in [0.3, 0.4) is 0 Å². The van der Waals surface area contributed by atoms with Gasteiger partial charge in [-0.05, 0) is 0 Å². The molecule has 0 heterocycles. The zero-order valence-corrected chi connectivity index (χ0v) is 2.97. The van der Waals surface area contributed by atoms with Crippen molar-refractivity contribution in [1.29, 1.82) is 0 Å². The first kappa shape index (κ1) is 28.3. The molecular weight excluding hydrogens is 88.0 g/mol. The Balaban J connectivity index is -0.00000000500. The minimum absolute atomic E-state index is 0. The van der Waals surface area contributed by atoms with Crippen molar-refractivity contribution in [2.75, 3.05) is 0 Å². The molecule has 0 aliphatic carbocycles. The SMILES string of the molecule is C.[CH-]=C.[Cr]. The zero-order valence-electron chi connectivity index (χ0n) is 1.69. The molecule has 0 radical (unpaired) electrons. The van der Waals surface area contributed by atoms with E-state index in [1.54, 1.807) is 0 Å². The molecule has 0 unspecified atom stereocenters. The van der Waals surface area contributed by atoms with E-state index in [1.807, 2.05) is 0 Å². The van der Waals surface area contributed by atoms with E-state index in [-0.39, 0.29) is 24.8 Å². The Morgan fingerprint density at radius 2 is 1.25 bits per heavy atom. The third kappa shape index (κ3) is 49.6. The van der Waals surface area contributed by atoms with Gasteiger partial charge >= 0.3 is 0 Å². The average molecular weight is 95.1 g/mol. The molecule has 0 aromatic carbocycles. The van der Waals surface area contributed by atoms with Gasteiger partial charge in [-0.2, -0.15) is 0 Å². The number of rotatable bonds is 0. The van der Waals surface area contributed by atoms with Crippen molar-refractivity contribution < 1.29 is 17.4 Å². The zero-order chi connectivity index (χ0) is 2.00. The summed E-state index contributed by atoms with van der Waals surface area (Å²) in [4.78, 5) is 0. The predicted octanol–water partition coefficient (Wildman–Crippen LogP) is 1.24. The van der Waals surface area contributed by atoms with E-state index in [2.05, 4.69) is 13.2 Å². The normalized spacial score (nSPS) is 1.00. The monoisotopic (exact) mass is 95.0 g/mol. The van der Waals surface area contributed by atoms with Crippen molar-refractivity contribution in [3.63, 3.8) is 0 Å². The molecule has 0 nitrogen and oxygen atoms in total. The molecule has 0 saturated carbocycles. The Hall–Kier alpha value is 0.272. The molecule has 0 N–H and O–H groups in total. The van der Waals surface area contributed by atoms with Crippen LogP contribution in [0, 0.1) is 6.58 Å². The standard InChI is InChI=1S/C2H3.CH4.Cr/c1-2;;/h1H,2H2;1H4;/q-1;;. The topological polar surface area (TPSA) is 0 Å². The van der Waals surface area contributed by atoms with Crippen molar-refractivity contribution in [2.45, 2.75) is 7.43 Å². The molecule has 26 valence electrons. The fourth-order valence-electron chi connectivity index (χ4n) is 0. The second-order valence-electron chi connectivity index (χ2n) is 0. The van der Waals surface area contributed by atoms with Crippen molar-refractivity contribution in [3.8, 4) is 0 Å². The summed E-state index contributed by atoms with van der Waals surface area (Å²) in [7, 11) is 0. The number of hydrogen-bond donors (Lipinski definition) is 0. The maximum absolute atomic E-state index is 4.25. The minimum atomic E-state index is 0. The summed E-state index contributed by atoms with van der Waals surface area (Å²) in [6, 6.07) is 0. The van der Waals surface area contributed by atoms with Crippen LogP contribution in [-0.2, 0) is 17.4 Å². The number of hydrogen-bond acceptors (Lipinski definition) is 0. The van der Waals surface area contributed by atoms with Crippen LogP contribution in [0.25, 0.3) is 0 Å². The van der Waals surface area contributed by atoms with Gasteiger partial charge in [0.15, 0.2) is 0 Å². The van der Waals surface area contributed by atoms with Gasteiger partial charge in [0.05, 0.1) is 0 Å². The van der Waals surface area contributed by atoms with Gasteiger partial charge in [0.2, 0.25) is 0 Å². The van der Waals surface area contributed by atoms with E-state index >= 15 is 0 Å². The van der Waals surface area contributed by atoms with E-state index in [4.69, 9.17) is 0 Å². The maximum Gasteiger partial charge on any atom is 0 e. The molecule has 0 saturated heterocycles. The summed E-state index contributed by atoms with van der Waals surface area (Å²) in [5, 5.41) is 0. The van der Waals surface area contributed by atoms with E-state index in [0.717, 1.165) is 0 Å². The second kappa shape index (κ2) is 228. The molecule has 0 aliphatic heterocycles. The molecule has 0 spiro atoms. The smallest absolute Gasteiger partial charge is 0 e. The second-order valence-corrected chi connectivity index (χ2v) is 0. The first-order valence-electron chi connectivity index (χ1n) is 0.408. The van der Waals surface area contributed by atoms with Crippen molar-refractivity contribution in [2.24, 2.45) is 0 Å². The summed E-state index contributed by atoms with van der Waals surface area (Å²) in [6.07, 6.45) is 0. The van der Waals surface area contributed by atoms with Crippen molar-refractivity contribution in [3.05, 3.63) is 13.2 Å². The molecular formula is C3H7Cr-. The first-order chi connectivity index (χ1) is 1.00. The van der Waals surface area contributed by atoms with Crippen LogP contribution in [0.2, 0.25) is 0 Å². The molecule has 0 atom stereocenters. The Morgan fingerprint density at radius 1 is 1.25 bits per heavy atom. The largest absolute Gasteiger partial charge is 0.521 e. The van der Waals surface area contributed by atoms with E-state index < -0.39 is 0 Å². The minimum Gasteiger partial charge on any atom is -0.521 e. The van der Waals surface area contributed by atoms with Gasteiger partial charge in [-0.1, -0.05) is 7.43 Å². The first-order valence-corrected chi connectivity index (χ1v) is 0.408. The molecule has 1 heteroatoms. The van der Waals surface area contributed by atoms with Crippen LogP contribution in [0.4, 0.5) is 0 Å². The molecule has 0 rings (SSSR count). The van der Waals surface area contributed by atoms with Crippen LogP contribution in [0.15, 0.2) is 6.58 Å². The Bertz CT molecular complexity index is 3.25. The van der Waals surface area contributed by atoms with E-state index in [0.29, 0.717) is 0 Å². The van der Waals surface area contributed by atoms with Gasteiger partial charge in [-0.3, -0.25) is 6.58 Å². The molecule has 0 fully saturated rings.